The van der Waals surface area contributed by atoms with Crippen molar-refractivity contribution in [3.63, 3.8) is 0 Å². The van der Waals surface area contributed by atoms with Gasteiger partial charge in [-0.25, -0.2) is 4.79 Å². The van der Waals surface area contributed by atoms with Gasteiger partial charge in [0.2, 0.25) is 0 Å². The van der Waals surface area contributed by atoms with Crippen molar-refractivity contribution in [2.45, 2.75) is 26.3 Å². The summed E-state index contributed by atoms with van der Waals surface area (Å²) in [4.78, 5) is 26.2. The van der Waals surface area contributed by atoms with E-state index in [2.05, 4.69) is 5.32 Å². The van der Waals surface area contributed by atoms with Crippen LogP contribution in [0.4, 0.5) is 0 Å². The fourth-order valence-electron chi connectivity index (χ4n) is 5.14. The van der Waals surface area contributed by atoms with Crippen LogP contribution in [-0.2, 0) is 18.0 Å². The highest BCUT2D eigenvalue weighted by Crippen LogP contribution is 2.39. The minimum atomic E-state index is -2.70. The molecule has 0 saturated carbocycles. The summed E-state index contributed by atoms with van der Waals surface area (Å²) in [6.07, 6.45) is 0.647. The largest absolute Gasteiger partial charge is 0.500 e. The Hall–Kier alpha value is -3.30. The molecule has 1 amide bonds. The van der Waals surface area contributed by atoms with E-state index in [-0.39, 0.29) is 5.91 Å². The Bertz CT molecular complexity index is 1490. The molecule has 1 N–H and O–H groups in total. The van der Waals surface area contributed by atoms with E-state index in [1.54, 1.807) is 21.3 Å². The molecule has 0 fully saturated rings. The highest BCUT2D eigenvalue weighted by Gasteiger charge is 2.36. The maximum atomic E-state index is 13.5. The van der Waals surface area contributed by atoms with Crippen LogP contribution in [0.2, 0.25) is 6.04 Å². The van der Waals surface area contributed by atoms with Crippen molar-refractivity contribution in [2.24, 2.45) is 0 Å². The van der Waals surface area contributed by atoms with E-state index in [0.717, 1.165) is 43.4 Å². The third kappa shape index (κ3) is 4.85. The van der Waals surface area contributed by atoms with Gasteiger partial charge in [0.25, 0.3) is 5.91 Å². The minimum Gasteiger partial charge on any atom is -0.465 e. The Morgan fingerprint density at radius 1 is 0.784 bits per heavy atom. The summed E-state index contributed by atoms with van der Waals surface area (Å²) in [5.74, 6) is -0.586. The molecule has 8 heteroatoms. The average Bonchev–Trinajstić information content (AvgIpc) is 2.92. The number of ether oxygens (including phenoxy) is 1. The first-order valence-corrected chi connectivity index (χ1v) is 14.1. The third-order valence-electron chi connectivity index (χ3n) is 7.04. The third-order valence-corrected chi connectivity index (χ3v) is 9.87. The molecule has 0 radical (unpaired) electrons. The summed E-state index contributed by atoms with van der Waals surface area (Å²) in [5, 5.41) is 8.59. The second kappa shape index (κ2) is 11.0. The molecule has 0 atom stereocenters. The van der Waals surface area contributed by atoms with E-state index in [4.69, 9.17) is 18.0 Å². The summed E-state index contributed by atoms with van der Waals surface area (Å²) in [5.41, 5.74) is 3.15. The highest BCUT2D eigenvalue weighted by atomic mass is 28.4. The van der Waals surface area contributed by atoms with Gasteiger partial charge in [0.1, 0.15) is 0 Å². The van der Waals surface area contributed by atoms with Gasteiger partial charge in [-0.3, -0.25) is 4.79 Å². The number of esters is 1. The number of hydrogen-bond donors (Lipinski definition) is 1. The van der Waals surface area contributed by atoms with Gasteiger partial charge >= 0.3 is 14.8 Å². The molecule has 4 rings (SSSR count). The molecule has 0 aliphatic heterocycles. The van der Waals surface area contributed by atoms with Crippen LogP contribution in [0.25, 0.3) is 32.3 Å². The first-order chi connectivity index (χ1) is 17.8. The molecule has 0 bridgehead atoms. The van der Waals surface area contributed by atoms with Crippen molar-refractivity contribution in [3.05, 3.63) is 70.8 Å². The van der Waals surface area contributed by atoms with Gasteiger partial charge in [-0.05, 0) is 75.8 Å². The number of amides is 1. The molecule has 194 valence electrons. The zero-order valence-corrected chi connectivity index (χ0v) is 23.2. The summed E-state index contributed by atoms with van der Waals surface area (Å²) in [6.45, 7) is 4.53. The molecule has 37 heavy (non-hydrogen) atoms. The van der Waals surface area contributed by atoms with Gasteiger partial charge in [0.05, 0.1) is 12.7 Å². The molecule has 4 aromatic rings. The lowest BCUT2D eigenvalue weighted by Gasteiger charge is -2.24. The molecule has 4 aromatic carbocycles. The second-order valence-electron chi connectivity index (χ2n) is 9.09. The minimum absolute atomic E-state index is 0.179. The first-order valence-electron chi connectivity index (χ1n) is 12.2. The number of aryl methyl sites for hydroxylation is 2. The molecule has 0 spiro atoms. The van der Waals surface area contributed by atoms with Crippen molar-refractivity contribution in [2.75, 3.05) is 35.0 Å². The quantitative estimate of drug-likeness (QED) is 0.135. The molecule has 0 aliphatic carbocycles. The van der Waals surface area contributed by atoms with Crippen LogP contribution in [0.1, 0.15) is 38.3 Å². The summed E-state index contributed by atoms with van der Waals surface area (Å²) in [6, 6.07) is 16.2. The Kier molecular flexibility index (Phi) is 7.94. The van der Waals surface area contributed by atoms with Crippen LogP contribution >= 0.6 is 0 Å². The van der Waals surface area contributed by atoms with Gasteiger partial charge in [-0.2, -0.15) is 0 Å². The van der Waals surface area contributed by atoms with Crippen molar-refractivity contribution < 1.29 is 27.6 Å². The number of rotatable bonds is 9. The van der Waals surface area contributed by atoms with Crippen molar-refractivity contribution in [3.8, 4) is 0 Å². The molecule has 0 aliphatic rings. The van der Waals surface area contributed by atoms with Crippen molar-refractivity contribution >= 4 is 53.0 Å². The molecule has 0 saturated heterocycles. The van der Waals surface area contributed by atoms with Gasteiger partial charge in [0.15, 0.2) is 0 Å². The van der Waals surface area contributed by atoms with E-state index < -0.39 is 14.8 Å². The van der Waals surface area contributed by atoms with E-state index >= 15 is 0 Å². The standard InChI is InChI=1S/C29H33NO6Si/c1-18-10-7-12-21-23(28(31)30-14-9-15-37(34-4,35-5)36-6)16-20-17-24(29(32)33-3)22-13-8-11-19(2)26(22)27(20)25(18)21/h7-8,10-13,16-17H,9,14-15H2,1-6H3,(H,30,31). The average molecular weight is 520 g/mol. The maximum Gasteiger partial charge on any atom is 0.500 e. The number of hydrogen-bond acceptors (Lipinski definition) is 6. The molecular formula is C29H33NO6Si. The number of benzene rings is 4. The van der Waals surface area contributed by atoms with Crippen LogP contribution in [0, 0.1) is 13.8 Å². The number of methoxy groups -OCH3 is 1. The van der Waals surface area contributed by atoms with E-state index in [1.165, 1.54) is 7.11 Å². The van der Waals surface area contributed by atoms with Gasteiger partial charge in [-0.15, -0.1) is 0 Å². The number of carbonyl (C=O) groups excluding carboxylic acids is 2. The molecular weight excluding hydrogens is 486 g/mol. The summed E-state index contributed by atoms with van der Waals surface area (Å²) >= 11 is 0. The molecule has 7 nitrogen and oxygen atoms in total. The van der Waals surface area contributed by atoms with Crippen LogP contribution in [-0.4, -0.2) is 55.7 Å². The fourth-order valence-corrected chi connectivity index (χ4v) is 6.86. The van der Waals surface area contributed by atoms with Crippen LogP contribution in [0.5, 0.6) is 0 Å². The highest BCUT2D eigenvalue weighted by molar-refractivity contribution is 6.60. The summed E-state index contributed by atoms with van der Waals surface area (Å²) in [7, 11) is 3.41. The van der Waals surface area contributed by atoms with Gasteiger partial charge in [-0.1, -0.05) is 36.4 Å². The van der Waals surface area contributed by atoms with E-state index in [9.17, 15) is 9.59 Å². The maximum absolute atomic E-state index is 13.5. The first kappa shape index (κ1) is 26.8. The zero-order valence-electron chi connectivity index (χ0n) is 22.2. The predicted octanol–water partition coefficient (Wildman–Crippen LogP) is 5.55. The smallest absolute Gasteiger partial charge is 0.465 e. The van der Waals surface area contributed by atoms with E-state index in [1.807, 2.05) is 62.4 Å². The summed E-state index contributed by atoms with van der Waals surface area (Å²) < 4.78 is 21.5. The molecule has 0 aromatic heterocycles. The Morgan fingerprint density at radius 2 is 1.32 bits per heavy atom. The zero-order chi connectivity index (χ0) is 26.7. The van der Waals surface area contributed by atoms with Crippen LogP contribution in [0.15, 0.2) is 48.5 Å². The second-order valence-corrected chi connectivity index (χ2v) is 12.2. The topological polar surface area (TPSA) is 83.1 Å². The normalized spacial score (nSPS) is 11.8. The SMILES string of the molecule is COC(=O)c1cc2cc(C(=O)NCCC[Si](OC)(OC)OC)c3cccc(C)c3c2c2c(C)cccc12. The van der Waals surface area contributed by atoms with Gasteiger partial charge in [0, 0.05) is 39.5 Å². The Balaban J connectivity index is 1.84. The number of nitrogens with one attached hydrogen (secondary N) is 1. The van der Waals surface area contributed by atoms with E-state index in [0.29, 0.717) is 30.1 Å². The Labute approximate surface area is 218 Å². The number of fused-ring (bicyclic) bond motifs is 5. The Morgan fingerprint density at radius 3 is 1.86 bits per heavy atom. The van der Waals surface area contributed by atoms with Crippen molar-refractivity contribution in [1.29, 1.82) is 0 Å². The van der Waals surface area contributed by atoms with Gasteiger partial charge < -0.3 is 23.3 Å². The van der Waals surface area contributed by atoms with Crippen LogP contribution in [0.3, 0.4) is 0 Å². The lowest BCUT2D eigenvalue weighted by Crippen LogP contribution is -2.43. The van der Waals surface area contributed by atoms with Crippen LogP contribution < -0.4 is 5.32 Å². The monoisotopic (exact) mass is 519 g/mol. The fraction of sp³-hybridized carbons (Fsp3) is 0.310. The molecule has 0 unspecified atom stereocenters. The lowest BCUT2D eigenvalue weighted by molar-refractivity contribution is 0.0603. The lowest BCUT2D eigenvalue weighted by atomic mass is 9.87. The number of carbonyl (C=O) groups is 2. The predicted molar refractivity (Wildman–Crippen MR) is 148 cm³/mol. The molecule has 0 heterocycles. The van der Waals surface area contributed by atoms with Crippen molar-refractivity contribution in [1.82, 2.24) is 5.32 Å².